The predicted octanol–water partition coefficient (Wildman–Crippen LogP) is 5.83. The molecule has 0 saturated heterocycles. The summed E-state index contributed by atoms with van der Waals surface area (Å²) in [6.07, 6.45) is 5.87. The van der Waals surface area contributed by atoms with Crippen molar-refractivity contribution in [3.63, 3.8) is 0 Å². The molecule has 0 aliphatic heterocycles. The summed E-state index contributed by atoms with van der Waals surface area (Å²) in [6.45, 7) is 3.96. The van der Waals surface area contributed by atoms with E-state index in [1.807, 2.05) is 61.5 Å². The van der Waals surface area contributed by atoms with Crippen molar-refractivity contribution in [2.45, 2.75) is 18.7 Å². The number of pyridine rings is 1. The number of H-pyrrole nitrogens is 1. The Morgan fingerprint density at radius 3 is 2.05 bits per heavy atom. The van der Waals surface area contributed by atoms with Crippen LogP contribution in [0.4, 0.5) is 0 Å². The lowest BCUT2D eigenvalue weighted by Crippen LogP contribution is -2.13. The molecule has 5 rings (SSSR count). The van der Waals surface area contributed by atoms with E-state index in [-0.39, 0.29) is 10.5 Å². The van der Waals surface area contributed by atoms with E-state index in [9.17, 15) is 8.42 Å². The molecular formula is C29H23N5O2S. The van der Waals surface area contributed by atoms with E-state index >= 15 is 0 Å². The second-order valence-corrected chi connectivity index (χ2v) is 10.1. The third-order valence-corrected chi connectivity index (χ3v) is 7.43. The number of aryl methyl sites for hydroxylation is 2. The zero-order valence-corrected chi connectivity index (χ0v) is 21.1. The van der Waals surface area contributed by atoms with E-state index in [4.69, 9.17) is 10.5 Å². The van der Waals surface area contributed by atoms with Crippen molar-refractivity contribution in [3.05, 3.63) is 120 Å². The highest BCUT2D eigenvalue weighted by molar-refractivity contribution is 7.90. The fourth-order valence-corrected chi connectivity index (χ4v) is 5.20. The summed E-state index contributed by atoms with van der Waals surface area (Å²) in [5, 5.41) is 17.9. The number of nitriles is 2. The minimum absolute atomic E-state index is 0.0786. The average molecular weight is 506 g/mol. The smallest absolute Gasteiger partial charge is 0.269 e. The SMILES string of the molecule is Cc1ccccc1-c1cc(C#N)c[nH]1.Cc1ccccc1-c1cc(C#N)cn1S(=O)(=O)c1cccnc1. The molecule has 0 saturated carbocycles. The maximum absolute atomic E-state index is 12.9. The van der Waals surface area contributed by atoms with Gasteiger partial charge in [0.25, 0.3) is 10.0 Å². The van der Waals surface area contributed by atoms with Crippen LogP contribution in [0.15, 0.2) is 102 Å². The second-order valence-electron chi connectivity index (χ2n) is 8.26. The standard InChI is InChI=1S/C17H13N3O2S.C12H10N2/c1-13-5-2-3-7-16(13)17-9-14(10-18)12-20(17)23(21,22)15-6-4-8-19-11-15;1-9-4-2-3-5-11(9)12-6-10(7-13)8-14-12/h2-9,11-12H,1H3;2-6,8,14H,1H3. The molecule has 0 aliphatic rings. The van der Waals surface area contributed by atoms with Crippen molar-refractivity contribution in [1.82, 2.24) is 13.9 Å². The van der Waals surface area contributed by atoms with Gasteiger partial charge in [0, 0.05) is 41.6 Å². The fourth-order valence-electron chi connectivity index (χ4n) is 3.86. The van der Waals surface area contributed by atoms with Crippen molar-refractivity contribution in [2.75, 3.05) is 0 Å². The summed E-state index contributed by atoms with van der Waals surface area (Å²) < 4.78 is 26.9. The second kappa shape index (κ2) is 10.8. The minimum atomic E-state index is -3.82. The molecule has 3 aromatic heterocycles. The van der Waals surface area contributed by atoms with E-state index in [0.29, 0.717) is 11.3 Å². The first-order chi connectivity index (χ1) is 17.8. The monoisotopic (exact) mass is 505 g/mol. The number of nitrogens with one attached hydrogen (secondary N) is 1. The molecular weight excluding hydrogens is 482 g/mol. The highest BCUT2D eigenvalue weighted by Gasteiger charge is 2.22. The van der Waals surface area contributed by atoms with Gasteiger partial charge in [-0.1, -0.05) is 48.5 Å². The van der Waals surface area contributed by atoms with Gasteiger partial charge >= 0.3 is 0 Å². The molecule has 0 spiro atoms. The van der Waals surface area contributed by atoms with Crippen molar-refractivity contribution in [3.8, 4) is 34.7 Å². The van der Waals surface area contributed by atoms with Crippen LogP contribution in [0, 0.1) is 36.5 Å². The van der Waals surface area contributed by atoms with Gasteiger partial charge in [-0.05, 0) is 49.2 Å². The Morgan fingerprint density at radius 1 is 0.838 bits per heavy atom. The number of rotatable bonds is 4. The maximum Gasteiger partial charge on any atom is 0.269 e. The number of aromatic amines is 1. The zero-order chi connectivity index (χ0) is 26.4. The van der Waals surface area contributed by atoms with Crippen LogP contribution in [0.25, 0.3) is 22.5 Å². The molecule has 0 atom stereocenters. The largest absolute Gasteiger partial charge is 0.360 e. The normalized spacial score (nSPS) is 10.6. The van der Waals surface area contributed by atoms with Crippen LogP contribution < -0.4 is 0 Å². The number of hydrogen-bond donors (Lipinski definition) is 1. The van der Waals surface area contributed by atoms with Crippen LogP contribution in [-0.2, 0) is 10.0 Å². The molecule has 182 valence electrons. The molecule has 0 amide bonds. The lowest BCUT2D eigenvalue weighted by atomic mass is 10.1. The Balaban J connectivity index is 0.000000195. The minimum Gasteiger partial charge on any atom is -0.360 e. The summed E-state index contributed by atoms with van der Waals surface area (Å²) in [6, 6.07) is 26.1. The van der Waals surface area contributed by atoms with Crippen LogP contribution in [0.2, 0.25) is 0 Å². The van der Waals surface area contributed by atoms with E-state index in [2.05, 4.69) is 29.0 Å². The Hall–Kier alpha value is -4.92. The van der Waals surface area contributed by atoms with Crippen LogP contribution in [0.1, 0.15) is 22.3 Å². The summed E-state index contributed by atoms with van der Waals surface area (Å²) in [5.41, 5.74) is 6.47. The van der Waals surface area contributed by atoms with Crippen LogP contribution in [0.5, 0.6) is 0 Å². The number of hydrogen-bond acceptors (Lipinski definition) is 5. The lowest BCUT2D eigenvalue weighted by molar-refractivity contribution is 0.587. The van der Waals surface area contributed by atoms with Gasteiger partial charge in [-0.25, -0.2) is 12.4 Å². The van der Waals surface area contributed by atoms with Gasteiger partial charge in [0.2, 0.25) is 0 Å². The van der Waals surface area contributed by atoms with Gasteiger partial charge in [0.1, 0.15) is 17.0 Å². The quantitative estimate of drug-likeness (QED) is 0.330. The topological polar surface area (TPSA) is 115 Å². The Labute approximate surface area is 216 Å². The van der Waals surface area contributed by atoms with E-state index in [1.165, 1.54) is 30.2 Å². The fraction of sp³-hybridized carbons (Fsp3) is 0.0690. The van der Waals surface area contributed by atoms with E-state index in [1.54, 1.807) is 18.3 Å². The molecule has 37 heavy (non-hydrogen) atoms. The molecule has 8 heteroatoms. The Morgan fingerprint density at radius 2 is 1.49 bits per heavy atom. The lowest BCUT2D eigenvalue weighted by Gasteiger charge is -2.11. The summed E-state index contributed by atoms with van der Waals surface area (Å²) in [4.78, 5) is 7.04. The van der Waals surface area contributed by atoms with Gasteiger partial charge in [0.15, 0.2) is 0 Å². The molecule has 0 radical (unpaired) electrons. The molecule has 3 heterocycles. The number of benzene rings is 2. The predicted molar refractivity (Wildman–Crippen MR) is 142 cm³/mol. The van der Waals surface area contributed by atoms with Crippen molar-refractivity contribution >= 4 is 10.0 Å². The van der Waals surface area contributed by atoms with Gasteiger partial charge in [0.05, 0.1) is 16.8 Å². The number of aromatic nitrogens is 3. The van der Waals surface area contributed by atoms with Crippen LogP contribution >= 0.6 is 0 Å². The third-order valence-electron chi connectivity index (χ3n) is 5.77. The Kier molecular flexibility index (Phi) is 7.34. The first-order valence-corrected chi connectivity index (χ1v) is 12.8. The molecule has 1 N–H and O–H groups in total. The molecule has 0 aliphatic carbocycles. The third kappa shape index (κ3) is 5.35. The molecule has 5 aromatic rings. The van der Waals surface area contributed by atoms with Crippen molar-refractivity contribution < 1.29 is 8.42 Å². The average Bonchev–Trinajstić information content (AvgIpc) is 3.58. The highest BCUT2D eigenvalue weighted by Crippen LogP contribution is 2.29. The molecule has 0 bridgehead atoms. The maximum atomic E-state index is 12.9. The summed E-state index contributed by atoms with van der Waals surface area (Å²) >= 11 is 0. The van der Waals surface area contributed by atoms with Gasteiger partial charge < -0.3 is 4.98 Å². The van der Waals surface area contributed by atoms with Crippen LogP contribution in [0.3, 0.4) is 0 Å². The van der Waals surface area contributed by atoms with Crippen LogP contribution in [-0.4, -0.2) is 22.4 Å². The summed E-state index contributed by atoms with van der Waals surface area (Å²) in [5.74, 6) is 0. The van der Waals surface area contributed by atoms with E-state index in [0.717, 1.165) is 26.4 Å². The van der Waals surface area contributed by atoms with Gasteiger partial charge in [-0.15, -0.1) is 0 Å². The summed E-state index contributed by atoms with van der Waals surface area (Å²) in [7, 11) is -3.82. The first-order valence-electron chi connectivity index (χ1n) is 11.3. The zero-order valence-electron chi connectivity index (χ0n) is 20.3. The van der Waals surface area contributed by atoms with Crippen molar-refractivity contribution in [2.24, 2.45) is 0 Å². The molecule has 2 aromatic carbocycles. The molecule has 0 unspecified atom stereocenters. The highest BCUT2D eigenvalue weighted by atomic mass is 32.2. The first kappa shape index (κ1) is 25.2. The van der Waals surface area contributed by atoms with E-state index < -0.39 is 10.0 Å². The van der Waals surface area contributed by atoms with Gasteiger partial charge in [-0.2, -0.15) is 10.5 Å². The Bertz CT molecular complexity index is 1740. The molecule has 7 nitrogen and oxygen atoms in total. The number of nitrogens with zero attached hydrogens (tertiary/aromatic N) is 4. The van der Waals surface area contributed by atoms with Crippen molar-refractivity contribution in [1.29, 1.82) is 10.5 Å². The van der Waals surface area contributed by atoms with Gasteiger partial charge in [-0.3, -0.25) is 4.98 Å². The molecule has 0 fully saturated rings.